The van der Waals surface area contributed by atoms with Gasteiger partial charge in [-0.3, -0.25) is 14.9 Å². The van der Waals surface area contributed by atoms with Gasteiger partial charge in [-0.25, -0.2) is 0 Å². The first-order chi connectivity index (χ1) is 12.1. The average Bonchev–Trinajstić information content (AvgIpc) is 2.62. The lowest BCUT2D eigenvalue weighted by Crippen LogP contribution is -2.50. The number of amides is 1. The third-order valence-electron chi connectivity index (χ3n) is 4.67. The van der Waals surface area contributed by atoms with Crippen molar-refractivity contribution in [2.45, 2.75) is 57.5 Å². The van der Waals surface area contributed by atoms with E-state index >= 15 is 0 Å². The van der Waals surface area contributed by atoms with E-state index in [9.17, 15) is 14.9 Å². The van der Waals surface area contributed by atoms with Gasteiger partial charge in [0.15, 0.2) is 0 Å². The Morgan fingerprint density at radius 1 is 1.40 bits per heavy atom. The third-order valence-corrected chi connectivity index (χ3v) is 4.67. The van der Waals surface area contributed by atoms with E-state index in [1.165, 1.54) is 12.5 Å². The summed E-state index contributed by atoms with van der Waals surface area (Å²) in [6.07, 6.45) is 11.4. The summed E-state index contributed by atoms with van der Waals surface area (Å²) in [4.78, 5) is 25.4. The molecule has 25 heavy (non-hydrogen) atoms. The number of carbonyl (C=O) groups is 1. The van der Waals surface area contributed by atoms with Crippen molar-refractivity contribution in [3.05, 3.63) is 34.4 Å². The van der Waals surface area contributed by atoms with E-state index in [4.69, 9.17) is 6.42 Å². The number of nitro groups is 1. The van der Waals surface area contributed by atoms with Gasteiger partial charge in [-0.15, -0.1) is 6.42 Å². The fourth-order valence-electron chi connectivity index (χ4n) is 3.41. The van der Waals surface area contributed by atoms with Crippen molar-refractivity contribution in [2.75, 3.05) is 11.4 Å². The van der Waals surface area contributed by atoms with E-state index < -0.39 is 11.0 Å². The van der Waals surface area contributed by atoms with Crippen LogP contribution in [0.25, 0.3) is 0 Å². The van der Waals surface area contributed by atoms with Crippen LogP contribution in [0.2, 0.25) is 0 Å². The molecule has 0 radical (unpaired) electrons. The standard InChI is InChI=1S/C19H25N3O3/c1-3-14-21(17-12-8-9-13-18(17)22(24)25)16(4-2)19(23)20-15-10-6-5-7-11-15/h1,8-9,12-13,15-16H,4-7,10-11,14H2,2H3,(H,20,23). The number of nitrogens with one attached hydrogen (secondary N) is 1. The molecule has 1 amide bonds. The number of carbonyl (C=O) groups excluding carboxylic acids is 1. The number of rotatable bonds is 7. The Morgan fingerprint density at radius 2 is 2.08 bits per heavy atom. The van der Waals surface area contributed by atoms with Crippen LogP contribution in [0, 0.1) is 22.5 Å². The minimum Gasteiger partial charge on any atom is -0.352 e. The van der Waals surface area contributed by atoms with Gasteiger partial charge in [0, 0.05) is 12.1 Å². The number of hydrogen-bond donors (Lipinski definition) is 1. The summed E-state index contributed by atoms with van der Waals surface area (Å²) in [5.41, 5.74) is 0.345. The first-order valence-corrected chi connectivity index (χ1v) is 8.82. The lowest BCUT2D eigenvalue weighted by Gasteiger charge is -2.32. The summed E-state index contributed by atoms with van der Waals surface area (Å²) in [7, 11) is 0. The highest BCUT2D eigenvalue weighted by Crippen LogP contribution is 2.30. The van der Waals surface area contributed by atoms with Crippen LogP contribution >= 0.6 is 0 Å². The molecule has 0 spiro atoms. The summed E-state index contributed by atoms with van der Waals surface area (Å²) in [6, 6.07) is 6.07. The third kappa shape index (κ3) is 4.72. The van der Waals surface area contributed by atoms with Crippen molar-refractivity contribution < 1.29 is 9.72 Å². The fraction of sp³-hybridized carbons (Fsp3) is 0.526. The molecule has 0 bridgehead atoms. The van der Waals surface area contributed by atoms with Crippen LogP contribution in [0.15, 0.2) is 24.3 Å². The van der Waals surface area contributed by atoms with Crippen molar-refractivity contribution in [2.24, 2.45) is 0 Å². The molecule has 0 aromatic heterocycles. The number of nitro benzene ring substituents is 1. The second-order valence-corrected chi connectivity index (χ2v) is 6.35. The number of hydrogen-bond acceptors (Lipinski definition) is 4. The molecule has 1 aromatic carbocycles. The monoisotopic (exact) mass is 343 g/mol. The van der Waals surface area contributed by atoms with E-state index in [2.05, 4.69) is 11.2 Å². The number of benzene rings is 1. The van der Waals surface area contributed by atoms with Crippen LogP contribution in [-0.2, 0) is 4.79 Å². The van der Waals surface area contributed by atoms with Crippen molar-refractivity contribution in [1.29, 1.82) is 0 Å². The van der Waals surface area contributed by atoms with Crippen LogP contribution < -0.4 is 10.2 Å². The van der Waals surface area contributed by atoms with Crippen LogP contribution in [0.1, 0.15) is 45.4 Å². The van der Waals surface area contributed by atoms with Gasteiger partial charge in [0.1, 0.15) is 11.7 Å². The molecular weight excluding hydrogens is 318 g/mol. The summed E-state index contributed by atoms with van der Waals surface area (Å²) in [6.45, 7) is 2.03. The molecule has 6 heteroatoms. The Labute approximate surface area is 148 Å². The van der Waals surface area contributed by atoms with Crippen molar-refractivity contribution in [3.63, 3.8) is 0 Å². The van der Waals surface area contributed by atoms with E-state index in [0.29, 0.717) is 12.1 Å². The summed E-state index contributed by atoms with van der Waals surface area (Å²) >= 11 is 0. The van der Waals surface area contributed by atoms with Gasteiger partial charge in [-0.1, -0.05) is 44.2 Å². The molecule has 6 nitrogen and oxygen atoms in total. The van der Waals surface area contributed by atoms with Gasteiger partial charge in [-0.05, 0) is 25.3 Å². The molecular formula is C19H25N3O3. The molecule has 1 aromatic rings. The highest BCUT2D eigenvalue weighted by atomic mass is 16.6. The first-order valence-electron chi connectivity index (χ1n) is 8.82. The van der Waals surface area contributed by atoms with Crippen molar-refractivity contribution in [1.82, 2.24) is 5.32 Å². The lowest BCUT2D eigenvalue weighted by atomic mass is 9.95. The van der Waals surface area contributed by atoms with Crippen LogP contribution in [-0.4, -0.2) is 29.5 Å². The zero-order valence-corrected chi connectivity index (χ0v) is 14.6. The Hall–Kier alpha value is -2.55. The topological polar surface area (TPSA) is 75.5 Å². The molecule has 2 rings (SSSR count). The van der Waals surface area contributed by atoms with E-state index in [-0.39, 0.29) is 24.2 Å². The van der Waals surface area contributed by atoms with Gasteiger partial charge in [0.05, 0.1) is 11.5 Å². The number of anilines is 1. The van der Waals surface area contributed by atoms with Gasteiger partial charge >= 0.3 is 0 Å². The molecule has 1 fully saturated rings. The minimum absolute atomic E-state index is 0.0401. The number of para-hydroxylation sites is 2. The predicted octanol–water partition coefficient (Wildman–Crippen LogP) is 3.26. The Balaban J connectivity index is 2.25. The second kappa shape index (κ2) is 9.07. The number of nitrogens with zero attached hydrogens (tertiary/aromatic N) is 2. The lowest BCUT2D eigenvalue weighted by molar-refractivity contribution is -0.384. The highest BCUT2D eigenvalue weighted by molar-refractivity contribution is 5.86. The molecule has 1 aliphatic carbocycles. The predicted molar refractivity (Wildman–Crippen MR) is 98.4 cm³/mol. The molecule has 1 saturated carbocycles. The molecule has 0 heterocycles. The molecule has 0 saturated heterocycles. The Morgan fingerprint density at radius 3 is 2.68 bits per heavy atom. The van der Waals surface area contributed by atoms with Crippen LogP contribution in [0.4, 0.5) is 11.4 Å². The van der Waals surface area contributed by atoms with Gasteiger partial charge in [-0.2, -0.15) is 0 Å². The van der Waals surface area contributed by atoms with E-state index in [0.717, 1.165) is 25.7 Å². The molecule has 1 aliphatic rings. The maximum absolute atomic E-state index is 12.8. The highest BCUT2D eigenvalue weighted by Gasteiger charge is 2.30. The molecule has 1 unspecified atom stereocenters. The smallest absolute Gasteiger partial charge is 0.292 e. The second-order valence-electron chi connectivity index (χ2n) is 6.35. The summed E-state index contributed by atoms with van der Waals surface area (Å²) in [5.74, 6) is 2.42. The van der Waals surface area contributed by atoms with Gasteiger partial charge in [0.25, 0.3) is 5.69 Å². The largest absolute Gasteiger partial charge is 0.352 e. The molecule has 134 valence electrons. The average molecular weight is 343 g/mol. The van der Waals surface area contributed by atoms with Crippen molar-refractivity contribution in [3.8, 4) is 12.3 Å². The summed E-state index contributed by atoms with van der Waals surface area (Å²) in [5, 5.41) is 14.5. The zero-order valence-electron chi connectivity index (χ0n) is 14.6. The SMILES string of the molecule is C#CCN(c1ccccc1[N+](=O)[O-])C(CC)C(=O)NC1CCCCC1. The molecule has 1 atom stereocenters. The van der Waals surface area contributed by atoms with Gasteiger partial charge in [0.2, 0.25) is 5.91 Å². The maximum atomic E-state index is 12.8. The zero-order chi connectivity index (χ0) is 18.2. The van der Waals surface area contributed by atoms with Crippen LogP contribution in [0.5, 0.6) is 0 Å². The van der Waals surface area contributed by atoms with Crippen molar-refractivity contribution >= 4 is 17.3 Å². The van der Waals surface area contributed by atoms with Crippen LogP contribution in [0.3, 0.4) is 0 Å². The maximum Gasteiger partial charge on any atom is 0.292 e. The summed E-state index contributed by atoms with van der Waals surface area (Å²) < 4.78 is 0. The Bertz CT molecular complexity index is 648. The fourth-order valence-corrected chi connectivity index (χ4v) is 3.41. The van der Waals surface area contributed by atoms with Gasteiger partial charge < -0.3 is 10.2 Å². The van der Waals surface area contributed by atoms with E-state index in [1.54, 1.807) is 23.1 Å². The molecule has 0 aliphatic heterocycles. The number of terminal acetylenes is 1. The normalized spacial score (nSPS) is 15.8. The quantitative estimate of drug-likeness (QED) is 0.468. The molecule has 1 N–H and O–H groups in total. The van der Waals surface area contributed by atoms with E-state index in [1.807, 2.05) is 6.92 Å². The minimum atomic E-state index is -0.529. The first kappa shape index (κ1) is 18.8. The Kier molecular flexibility index (Phi) is 6.81.